The largest absolute Gasteiger partial charge is 0.469 e. The summed E-state index contributed by atoms with van der Waals surface area (Å²) in [6.45, 7) is 4.88. The Kier molecular flexibility index (Phi) is 12.5. The molecule has 2 N–H and O–H groups in total. The van der Waals surface area contributed by atoms with Gasteiger partial charge in [-0.1, -0.05) is 5.16 Å². The van der Waals surface area contributed by atoms with Crippen LogP contribution in [0.3, 0.4) is 0 Å². The minimum Gasteiger partial charge on any atom is -0.469 e. The van der Waals surface area contributed by atoms with Crippen LogP contribution in [-0.4, -0.2) is 96.7 Å². The van der Waals surface area contributed by atoms with Crippen LogP contribution in [0.2, 0.25) is 0 Å². The van der Waals surface area contributed by atoms with E-state index in [1.165, 1.54) is 7.11 Å². The third-order valence-electron chi connectivity index (χ3n) is 6.71. The molecule has 0 bridgehead atoms. The minimum absolute atomic E-state index is 0.0883. The average Bonchev–Trinajstić information content (AvgIpc) is 3.46. The number of hydrogen-bond donors (Lipinski definition) is 2. The van der Waals surface area contributed by atoms with E-state index in [1.807, 2.05) is 0 Å². The molecule has 2 heterocycles. The summed E-state index contributed by atoms with van der Waals surface area (Å²) in [5, 5.41) is 16.1. The van der Waals surface area contributed by atoms with Crippen molar-refractivity contribution in [3.8, 4) is 0 Å². The standard InChI is InChI=1S/C28H36N4O13/c1-28(2,3)45-27(38)23-16(12-21(35)43-6)14(8-10-19(33)41-4)17(29-23)13-18-22(24(30-39)26(37)44-7)15(9-11-20(34)42-5)25(36)32(18)31-40/h18,29,39H,8-13H2,1-7H3/b30-24+. The van der Waals surface area contributed by atoms with Crippen LogP contribution in [0.15, 0.2) is 21.6 Å². The monoisotopic (exact) mass is 636 g/mol. The number of carbonyl (C=O) groups is 6. The van der Waals surface area contributed by atoms with Crippen molar-refractivity contribution in [1.29, 1.82) is 0 Å². The molecule has 1 aliphatic rings. The summed E-state index contributed by atoms with van der Waals surface area (Å²) in [5.74, 6) is -5.10. The van der Waals surface area contributed by atoms with E-state index in [0.717, 1.165) is 21.3 Å². The van der Waals surface area contributed by atoms with Gasteiger partial charge >= 0.3 is 29.8 Å². The van der Waals surface area contributed by atoms with Crippen LogP contribution in [0, 0.1) is 4.91 Å². The number of nitrogens with zero attached hydrogens (tertiary/aromatic N) is 3. The Balaban J connectivity index is 2.86. The Hall–Kier alpha value is -5.09. The lowest BCUT2D eigenvalue weighted by molar-refractivity contribution is -0.141. The number of hydrogen-bond acceptors (Lipinski definition) is 15. The predicted octanol–water partition coefficient (Wildman–Crippen LogP) is 1.48. The van der Waals surface area contributed by atoms with Gasteiger partial charge in [-0.05, 0) is 44.7 Å². The second-order valence-corrected chi connectivity index (χ2v) is 10.6. The lowest BCUT2D eigenvalue weighted by Gasteiger charge is -2.20. The van der Waals surface area contributed by atoms with Crippen LogP contribution in [0.25, 0.3) is 0 Å². The Labute approximate surface area is 257 Å². The van der Waals surface area contributed by atoms with Gasteiger partial charge in [-0.25, -0.2) is 9.59 Å². The van der Waals surface area contributed by atoms with Gasteiger partial charge < -0.3 is 33.9 Å². The number of carbonyl (C=O) groups excluding carboxylic acids is 6. The molecule has 0 radical (unpaired) electrons. The Bertz CT molecular complexity index is 1420. The van der Waals surface area contributed by atoms with Gasteiger partial charge in [0.2, 0.25) is 0 Å². The number of nitroso groups, excluding NO2 is 1. The lowest BCUT2D eigenvalue weighted by Crippen LogP contribution is -2.36. The minimum atomic E-state index is -1.44. The zero-order valence-electron chi connectivity index (χ0n) is 26.0. The molecule has 1 amide bonds. The summed E-state index contributed by atoms with van der Waals surface area (Å²) in [6, 6.07) is -1.44. The molecule has 1 aromatic rings. The van der Waals surface area contributed by atoms with Crippen molar-refractivity contribution in [2.24, 2.45) is 10.4 Å². The third-order valence-corrected chi connectivity index (χ3v) is 6.71. The topological polar surface area (TPSA) is 230 Å². The molecule has 0 aromatic carbocycles. The Morgan fingerprint density at radius 3 is 1.96 bits per heavy atom. The van der Waals surface area contributed by atoms with Gasteiger partial charge in [-0.15, -0.1) is 4.91 Å². The number of ether oxygens (including phenoxy) is 5. The molecule has 1 atom stereocenters. The highest BCUT2D eigenvalue weighted by molar-refractivity contribution is 6.44. The summed E-state index contributed by atoms with van der Waals surface area (Å²) in [4.78, 5) is 90.7. The van der Waals surface area contributed by atoms with E-state index in [0.29, 0.717) is 5.01 Å². The Morgan fingerprint density at radius 1 is 0.889 bits per heavy atom. The van der Waals surface area contributed by atoms with Crippen LogP contribution >= 0.6 is 0 Å². The van der Waals surface area contributed by atoms with Crippen molar-refractivity contribution >= 4 is 41.5 Å². The lowest BCUT2D eigenvalue weighted by atomic mass is 9.92. The molecular formula is C28H36N4O13. The van der Waals surface area contributed by atoms with E-state index < -0.39 is 65.9 Å². The SMILES string of the molecule is COC(=O)CCC1=C(/C(=N\O)C(=O)OC)C(Cc2[nH]c(C(=O)OC(C)(C)C)c(CC(=O)OC)c2CCC(=O)OC)N(N=O)C1=O. The molecule has 246 valence electrons. The van der Waals surface area contributed by atoms with E-state index in [4.69, 9.17) is 18.9 Å². The summed E-state index contributed by atoms with van der Waals surface area (Å²) >= 11 is 0. The molecule has 1 aliphatic heterocycles. The number of H-pyrrole nitrogens is 1. The summed E-state index contributed by atoms with van der Waals surface area (Å²) in [6.07, 6.45) is -1.81. The van der Waals surface area contributed by atoms with Gasteiger partial charge in [-0.2, -0.15) is 5.01 Å². The van der Waals surface area contributed by atoms with Crippen molar-refractivity contribution in [3.63, 3.8) is 0 Å². The van der Waals surface area contributed by atoms with Gasteiger partial charge in [0.1, 0.15) is 11.3 Å². The fraction of sp³-hybridized carbons (Fsp3) is 0.536. The number of aromatic nitrogens is 1. The highest BCUT2D eigenvalue weighted by Crippen LogP contribution is 2.35. The van der Waals surface area contributed by atoms with Crippen molar-refractivity contribution < 1.29 is 57.7 Å². The zero-order valence-corrected chi connectivity index (χ0v) is 26.0. The van der Waals surface area contributed by atoms with E-state index >= 15 is 0 Å². The maximum absolute atomic E-state index is 13.4. The van der Waals surface area contributed by atoms with Crippen molar-refractivity contribution in [2.75, 3.05) is 28.4 Å². The molecule has 0 saturated heterocycles. The molecule has 0 fully saturated rings. The quantitative estimate of drug-likeness (QED) is 0.0737. The maximum atomic E-state index is 13.4. The van der Waals surface area contributed by atoms with Crippen molar-refractivity contribution in [3.05, 3.63) is 38.6 Å². The third kappa shape index (κ3) is 8.73. The molecule has 2 rings (SSSR count). The predicted molar refractivity (Wildman–Crippen MR) is 152 cm³/mol. The number of amides is 1. The fourth-order valence-corrected chi connectivity index (χ4v) is 4.72. The van der Waals surface area contributed by atoms with Gasteiger partial charge in [0.05, 0.1) is 46.2 Å². The van der Waals surface area contributed by atoms with Gasteiger partial charge in [0.15, 0.2) is 5.71 Å². The van der Waals surface area contributed by atoms with Crippen LogP contribution < -0.4 is 0 Å². The number of oxime groups is 1. The van der Waals surface area contributed by atoms with Crippen LogP contribution in [0.4, 0.5) is 0 Å². The number of rotatable bonds is 14. The molecule has 17 nitrogen and oxygen atoms in total. The zero-order chi connectivity index (χ0) is 34.1. The van der Waals surface area contributed by atoms with Crippen LogP contribution in [-0.2, 0) is 66.9 Å². The molecular weight excluding hydrogens is 600 g/mol. The van der Waals surface area contributed by atoms with Gasteiger partial charge in [0, 0.05) is 36.1 Å². The summed E-state index contributed by atoms with van der Waals surface area (Å²) < 4.78 is 24.4. The van der Waals surface area contributed by atoms with Crippen LogP contribution in [0.5, 0.6) is 0 Å². The Morgan fingerprint density at radius 2 is 1.47 bits per heavy atom. The summed E-state index contributed by atoms with van der Waals surface area (Å²) in [5.41, 5.74) is -1.89. The number of methoxy groups -OCH3 is 4. The van der Waals surface area contributed by atoms with Crippen molar-refractivity contribution in [1.82, 2.24) is 9.99 Å². The highest BCUT2D eigenvalue weighted by Gasteiger charge is 2.45. The smallest absolute Gasteiger partial charge is 0.360 e. The molecule has 0 aliphatic carbocycles. The van der Waals surface area contributed by atoms with E-state index in [-0.39, 0.29) is 59.3 Å². The van der Waals surface area contributed by atoms with Crippen LogP contribution in [0.1, 0.15) is 67.3 Å². The van der Waals surface area contributed by atoms with E-state index in [2.05, 4.69) is 20.2 Å². The van der Waals surface area contributed by atoms with E-state index in [9.17, 15) is 38.9 Å². The molecule has 1 unspecified atom stereocenters. The first-order chi connectivity index (χ1) is 21.2. The maximum Gasteiger partial charge on any atom is 0.360 e. The molecule has 17 heteroatoms. The molecule has 45 heavy (non-hydrogen) atoms. The number of esters is 5. The van der Waals surface area contributed by atoms with Gasteiger partial charge in [-0.3, -0.25) is 19.2 Å². The van der Waals surface area contributed by atoms with Crippen molar-refractivity contribution in [2.45, 2.75) is 70.9 Å². The average molecular weight is 637 g/mol. The van der Waals surface area contributed by atoms with E-state index in [1.54, 1.807) is 20.8 Å². The second-order valence-electron chi connectivity index (χ2n) is 10.6. The molecule has 1 aromatic heterocycles. The van der Waals surface area contributed by atoms with Gasteiger partial charge in [0.25, 0.3) is 5.91 Å². The number of nitrogens with one attached hydrogen (secondary N) is 1. The summed E-state index contributed by atoms with van der Waals surface area (Å²) in [7, 11) is 4.44. The first-order valence-corrected chi connectivity index (χ1v) is 13.5. The fourth-order valence-electron chi connectivity index (χ4n) is 4.72. The second kappa shape index (κ2) is 15.6. The highest BCUT2D eigenvalue weighted by atomic mass is 16.6. The molecule has 0 saturated carbocycles. The normalized spacial score (nSPS) is 15.1. The number of aromatic amines is 1. The molecule has 0 spiro atoms. The first kappa shape index (κ1) is 36.1. The first-order valence-electron chi connectivity index (χ1n) is 13.5.